The Balaban J connectivity index is 1.50. The fourth-order valence-corrected chi connectivity index (χ4v) is 7.71. The summed E-state index contributed by atoms with van der Waals surface area (Å²) < 4.78 is 0. The summed E-state index contributed by atoms with van der Waals surface area (Å²) in [4.78, 5) is 24.3. The number of carbonyl (C=O) groups is 2. The summed E-state index contributed by atoms with van der Waals surface area (Å²) in [5.41, 5.74) is 0.952. The lowest BCUT2D eigenvalue weighted by molar-refractivity contribution is -0.134. The molecule has 0 aromatic carbocycles. The number of hydrogen-bond acceptors (Lipinski definition) is 2. The van der Waals surface area contributed by atoms with Crippen LogP contribution in [0.25, 0.3) is 0 Å². The molecule has 0 aromatic heterocycles. The third-order valence-corrected chi connectivity index (χ3v) is 8.78. The van der Waals surface area contributed by atoms with E-state index in [2.05, 4.69) is 6.92 Å². The van der Waals surface area contributed by atoms with E-state index in [0.717, 1.165) is 43.9 Å². The quantitative estimate of drug-likeness (QED) is 0.676. The van der Waals surface area contributed by atoms with Crippen molar-refractivity contribution >= 4 is 11.6 Å². The smallest absolute Gasteiger partial charge is 0.139 e. The molecule has 0 spiro atoms. The van der Waals surface area contributed by atoms with E-state index in [-0.39, 0.29) is 5.41 Å². The molecule has 0 aliphatic heterocycles. The molecule has 0 heterocycles. The van der Waals surface area contributed by atoms with E-state index in [1.165, 1.54) is 32.1 Å². The van der Waals surface area contributed by atoms with Gasteiger partial charge in [0, 0.05) is 24.7 Å². The van der Waals surface area contributed by atoms with Gasteiger partial charge in [-0.3, -0.25) is 9.59 Å². The van der Waals surface area contributed by atoms with Crippen LogP contribution in [0.5, 0.6) is 0 Å². The van der Waals surface area contributed by atoms with E-state index in [1.807, 2.05) is 0 Å². The van der Waals surface area contributed by atoms with E-state index >= 15 is 0 Å². The number of carbonyl (C=O) groups excluding carboxylic acids is 2. The van der Waals surface area contributed by atoms with Gasteiger partial charge in [0.1, 0.15) is 11.6 Å². The molecule has 5 aliphatic carbocycles. The predicted molar refractivity (Wildman–Crippen MR) is 79.6 cm³/mol. The van der Waals surface area contributed by atoms with Crippen molar-refractivity contribution in [2.75, 3.05) is 0 Å². The molecule has 5 fully saturated rings. The monoisotopic (exact) mass is 286 g/mol. The largest absolute Gasteiger partial charge is 0.300 e. The van der Waals surface area contributed by atoms with Gasteiger partial charge in [0.05, 0.1) is 0 Å². The molecule has 114 valence electrons. The average molecular weight is 286 g/mol. The average Bonchev–Trinajstić information content (AvgIpc) is 3.05. The molecule has 0 saturated heterocycles. The van der Waals surface area contributed by atoms with E-state index in [1.54, 1.807) is 0 Å². The number of fused-ring (bicyclic) bond motifs is 3. The second-order valence-electron chi connectivity index (χ2n) is 9.16. The van der Waals surface area contributed by atoms with Gasteiger partial charge in [-0.15, -0.1) is 0 Å². The highest BCUT2D eigenvalue weighted by Gasteiger charge is 2.75. The lowest BCUT2D eigenvalue weighted by atomic mass is 9.50. The Labute approximate surface area is 127 Å². The van der Waals surface area contributed by atoms with E-state index in [9.17, 15) is 9.59 Å². The van der Waals surface area contributed by atoms with Gasteiger partial charge < -0.3 is 0 Å². The van der Waals surface area contributed by atoms with Gasteiger partial charge in [0.15, 0.2) is 0 Å². The van der Waals surface area contributed by atoms with Crippen LogP contribution in [0.15, 0.2) is 0 Å². The SMILES string of the molecule is C[C@]12CC[C@@H]3[C@H](CC[C@]45CC(=O)CC[C@@]34C5)[C@H]1CCC2=O. The van der Waals surface area contributed by atoms with Crippen molar-refractivity contribution in [2.45, 2.75) is 71.1 Å². The molecule has 5 rings (SSSR count). The maximum atomic E-state index is 12.4. The van der Waals surface area contributed by atoms with Crippen molar-refractivity contribution in [3.8, 4) is 0 Å². The molecule has 0 amide bonds. The second-order valence-corrected chi connectivity index (χ2v) is 9.16. The topological polar surface area (TPSA) is 34.1 Å². The number of hydrogen-bond donors (Lipinski definition) is 0. The number of rotatable bonds is 0. The Kier molecular flexibility index (Phi) is 2.22. The van der Waals surface area contributed by atoms with Crippen LogP contribution < -0.4 is 0 Å². The minimum atomic E-state index is 0.0111. The van der Waals surface area contributed by atoms with Gasteiger partial charge >= 0.3 is 0 Å². The van der Waals surface area contributed by atoms with Crippen LogP contribution in [0.1, 0.15) is 71.1 Å². The molecule has 0 radical (unpaired) electrons. The van der Waals surface area contributed by atoms with Crippen molar-refractivity contribution in [3.63, 3.8) is 0 Å². The molecule has 5 aliphatic rings. The minimum absolute atomic E-state index is 0.0111. The first kappa shape index (κ1) is 12.8. The first-order valence-electron chi connectivity index (χ1n) is 9.06. The fourth-order valence-electron chi connectivity index (χ4n) is 7.71. The molecule has 5 saturated carbocycles. The normalized spacial score (nSPS) is 58.0. The highest BCUT2D eigenvalue weighted by atomic mass is 16.1. The highest BCUT2D eigenvalue weighted by molar-refractivity contribution is 5.87. The van der Waals surface area contributed by atoms with Gasteiger partial charge in [-0.2, -0.15) is 0 Å². The van der Waals surface area contributed by atoms with Crippen molar-refractivity contribution in [1.29, 1.82) is 0 Å². The molecule has 6 atom stereocenters. The molecule has 0 aromatic rings. The summed E-state index contributed by atoms with van der Waals surface area (Å²) in [6, 6.07) is 0. The summed E-state index contributed by atoms with van der Waals surface area (Å²) in [6.07, 6.45) is 11.2. The number of ketones is 2. The Morgan fingerprint density at radius 2 is 1.81 bits per heavy atom. The third kappa shape index (κ3) is 1.32. The fraction of sp³-hybridized carbons (Fsp3) is 0.895. The van der Waals surface area contributed by atoms with Crippen LogP contribution in [0.4, 0.5) is 0 Å². The van der Waals surface area contributed by atoms with Crippen LogP contribution in [0.3, 0.4) is 0 Å². The maximum Gasteiger partial charge on any atom is 0.139 e. The summed E-state index contributed by atoms with van der Waals surface area (Å²) >= 11 is 0. The zero-order valence-corrected chi connectivity index (χ0v) is 13.1. The van der Waals surface area contributed by atoms with Crippen LogP contribution in [-0.4, -0.2) is 11.6 Å². The van der Waals surface area contributed by atoms with E-state index in [0.29, 0.717) is 28.3 Å². The van der Waals surface area contributed by atoms with Crippen LogP contribution in [0.2, 0.25) is 0 Å². The molecule has 2 nitrogen and oxygen atoms in total. The zero-order valence-electron chi connectivity index (χ0n) is 13.1. The van der Waals surface area contributed by atoms with Crippen LogP contribution in [0, 0.1) is 34.0 Å². The van der Waals surface area contributed by atoms with Gasteiger partial charge in [0.2, 0.25) is 0 Å². The molecule has 0 bridgehead atoms. The van der Waals surface area contributed by atoms with Crippen molar-refractivity contribution in [1.82, 2.24) is 0 Å². The van der Waals surface area contributed by atoms with Gasteiger partial charge in [-0.25, -0.2) is 0 Å². The summed E-state index contributed by atoms with van der Waals surface area (Å²) in [5, 5.41) is 0. The zero-order chi connectivity index (χ0) is 14.5. The van der Waals surface area contributed by atoms with Crippen LogP contribution in [-0.2, 0) is 9.59 Å². The Morgan fingerprint density at radius 1 is 0.952 bits per heavy atom. The lowest BCUT2D eigenvalue weighted by Gasteiger charge is -2.53. The van der Waals surface area contributed by atoms with Gasteiger partial charge in [0.25, 0.3) is 0 Å². The molecule has 0 N–H and O–H groups in total. The summed E-state index contributed by atoms with van der Waals surface area (Å²) in [5.74, 6) is 3.37. The molecule has 21 heavy (non-hydrogen) atoms. The minimum Gasteiger partial charge on any atom is -0.300 e. The molecule has 0 unspecified atom stereocenters. The molecule has 2 heteroatoms. The Bertz CT molecular complexity index is 552. The summed E-state index contributed by atoms with van der Waals surface area (Å²) in [6.45, 7) is 2.26. The first-order chi connectivity index (χ1) is 10.0. The van der Waals surface area contributed by atoms with Crippen molar-refractivity contribution < 1.29 is 9.59 Å². The molecular formula is C19H26O2. The van der Waals surface area contributed by atoms with Crippen molar-refractivity contribution in [3.05, 3.63) is 0 Å². The third-order valence-electron chi connectivity index (χ3n) is 8.78. The van der Waals surface area contributed by atoms with E-state index in [4.69, 9.17) is 0 Å². The van der Waals surface area contributed by atoms with E-state index < -0.39 is 0 Å². The Hall–Kier alpha value is -0.660. The highest BCUT2D eigenvalue weighted by Crippen LogP contribution is 2.82. The second kappa shape index (κ2) is 3.63. The molecular weight excluding hydrogens is 260 g/mol. The Morgan fingerprint density at radius 3 is 2.67 bits per heavy atom. The predicted octanol–water partition coefficient (Wildman–Crippen LogP) is 3.92. The first-order valence-corrected chi connectivity index (χ1v) is 9.06. The standard InChI is InChI=1S/C19H26O2/c1-17-7-6-15-13(14(17)2-3-16(17)21)5-8-18-10-12(20)4-9-19(15,18)11-18/h13-15H,2-11H2,1H3/t13-,14-,15-,17+,18-,19-/m1/s1. The van der Waals surface area contributed by atoms with Crippen molar-refractivity contribution in [2.24, 2.45) is 34.0 Å². The summed E-state index contributed by atoms with van der Waals surface area (Å²) in [7, 11) is 0. The maximum absolute atomic E-state index is 12.4. The van der Waals surface area contributed by atoms with Gasteiger partial charge in [-0.05, 0) is 73.5 Å². The van der Waals surface area contributed by atoms with Gasteiger partial charge in [-0.1, -0.05) is 6.92 Å². The van der Waals surface area contributed by atoms with Crippen LogP contribution >= 0.6 is 0 Å². The lowest BCUT2D eigenvalue weighted by Crippen LogP contribution is -2.48. The number of Topliss-reactive ketones (excluding diaryl/α,β-unsaturated/α-hetero) is 2.